The molecule has 0 radical (unpaired) electrons. The number of hydrogen-bond donors (Lipinski definition) is 18. The van der Waals surface area contributed by atoms with Gasteiger partial charge in [0, 0.05) is 44.8 Å². The van der Waals surface area contributed by atoms with Gasteiger partial charge in [0.25, 0.3) is 5.91 Å². The van der Waals surface area contributed by atoms with Gasteiger partial charge in [-0.15, -0.1) is 0 Å². The van der Waals surface area contributed by atoms with Crippen LogP contribution in [0.5, 0.6) is 23.0 Å². The molecule has 2 aromatic carbocycles. The lowest BCUT2D eigenvalue weighted by Gasteiger charge is -2.27. The van der Waals surface area contributed by atoms with E-state index in [0.717, 1.165) is 36.4 Å². The molecule has 0 aliphatic carbocycles. The number of phenolic OH excluding ortho intramolecular Hbond substituents is 4. The van der Waals surface area contributed by atoms with Gasteiger partial charge in [0.15, 0.2) is 41.0 Å². The van der Waals surface area contributed by atoms with E-state index in [1.165, 1.54) is 23.9 Å². The molecule has 456 valence electrons. The first-order chi connectivity index (χ1) is 39.1. The highest BCUT2D eigenvalue weighted by Gasteiger charge is 2.35. The number of carboxylic acids is 2. The van der Waals surface area contributed by atoms with Crippen LogP contribution in [0.2, 0.25) is 0 Å². The van der Waals surface area contributed by atoms with E-state index in [2.05, 4.69) is 41.9 Å². The van der Waals surface area contributed by atoms with E-state index in [0.29, 0.717) is 0 Å². The Bertz CT molecular complexity index is 2720. The number of aliphatic carboxylic acids is 2. The predicted octanol–water partition coefficient (Wildman–Crippen LogP) is -4.07. The molecule has 2 rings (SSSR count). The van der Waals surface area contributed by atoms with Crippen molar-refractivity contribution >= 4 is 94.9 Å². The number of thioether (sulfide) groups is 1. The molecule has 2 aromatic rings. The third-order valence-electron chi connectivity index (χ3n) is 11.7. The van der Waals surface area contributed by atoms with Crippen molar-refractivity contribution in [2.45, 2.75) is 119 Å². The van der Waals surface area contributed by atoms with Crippen molar-refractivity contribution in [3.8, 4) is 23.0 Å². The number of amides is 8. The molecule has 7 atom stereocenters. The molecule has 24 N–H and O–H groups in total. The SMILES string of the molecule is CSCC[C@H](NC(=O)[C@H](CCC(=O)O)NC(=O)[C@H](CCC(=O)O)NC(=O)[C@@H](Cc1ccc(O)c(O)c1)OC(=O)/C=C/c1ccc(O)c(O)c1)C(=O)N[C@@H](CCC(N)=O)C(=O)N[C@@H](CCCN=C(N)N)C(=O)N[C@@H](CCCN=C(N)N)C(N)=O. The fourth-order valence-electron chi connectivity index (χ4n) is 7.41. The van der Waals surface area contributed by atoms with Gasteiger partial charge in [-0.3, -0.25) is 57.9 Å². The number of aromatic hydroxyl groups is 4. The lowest BCUT2D eigenvalue weighted by atomic mass is 10.0. The van der Waals surface area contributed by atoms with Gasteiger partial charge in [-0.05, 0) is 105 Å². The summed E-state index contributed by atoms with van der Waals surface area (Å²) in [6, 6.07) is -2.77. The number of phenols is 4. The van der Waals surface area contributed by atoms with Crippen molar-refractivity contribution in [3.63, 3.8) is 0 Å². The first-order valence-corrected chi connectivity index (χ1v) is 26.8. The van der Waals surface area contributed by atoms with Crippen molar-refractivity contribution in [3.05, 3.63) is 53.6 Å². The number of nitrogens with zero attached hydrogens (tertiary/aromatic N) is 2. The van der Waals surface area contributed by atoms with E-state index in [-0.39, 0.29) is 74.0 Å². The minimum absolute atomic E-state index is 0.0206. The Morgan fingerprint density at radius 1 is 0.530 bits per heavy atom. The largest absolute Gasteiger partial charge is 0.504 e. The Labute approximate surface area is 479 Å². The van der Waals surface area contributed by atoms with Crippen molar-refractivity contribution in [2.24, 2.45) is 44.4 Å². The van der Waals surface area contributed by atoms with E-state index in [1.807, 2.05) is 0 Å². The van der Waals surface area contributed by atoms with Gasteiger partial charge in [-0.2, -0.15) is 11.8 Å². The van der Waals surface area contributed by atoms with Crippen molar-refractivity contribution < 1.29 is 88.1 Å². The Morgan fingerprint density at radius 2 is 0.940 bits per heavy atom. The summed E-state index contributed by atoms with van der Waals surface area (Å²) >= 11 is 1.21. The van der Waals surface area contributed by atoms with Crippen molar-refractivity contribution in [1.29, 1.82) is 0 Å². The third-order valence-corrected chi connectivity index (χ3v) is 12.4. The maximum absolute atomic E-state index is 14.2. The molecule has 0 unspecified atom stereocenters. The summed E-state index contributed by atoms with van der Waals surface area (Å²) in [4.78, 5) is 153. The van der Waals surface area contributed by atoms with Gasteiger partial charge in [0.05, 0.1) is 0 Å². The second-order valence-electron chi connectivity index (χ2n) is 18.4. The van der Waals surface area contributed by atoms with Crippen LogP contribution in [-0.2, 0) is 63.9 Å². The third kappa shape index (κ3) is 27.4. The summed E-state index contributed by atoms with van der Waals surface area (Å²) in [7, 11) is 0. The van der Waals surface area contributed by atoms with E-state index >= 15 is 0 Å². The predicted molar refractivity (Wildman–Crippen MR) is 298 cm³/mol. The number of nitrogens with one attached hydrogen (secondary N) is 6. The zero-order chi connectivity index (χ0) is 62.3. The van der Waals surface area contributed by atoms with Crippen LogP contribution in [0.1, 0.15) is 81.8 Å². The summed E-state index contributed by atoms with van der Waals surface area (Å²) in [6.07, 6.45) is -2.74. The number of nitrogens with two attached hydrogens (primary N) is 6. The monoisotopic (exact) mass is 1190 g/mol. The highest BCUT2D eigenvalue weighted by molar-refractivity contribution is 7.98. The Balaban J connectivity index is 2.50. The van der Waals surface area contributed by atoms with Crippen LogP contribution < -0.4 is 66.3 Å². The maximum Gasteiger partial charge on any atom is 0.331 e. The molecule has 0 spiro atoms. The number of primary amides is 2. The Hall–Kier alpha value is -9.56. The van der Waals surface area contributed by atoms with E-state index in [4.69, 9.17) is 39.1 Å². The molecule has 8 amide bonds. The molecule has 0 heterocycles. The van der Waals surface area contributed by atoms with Gasteiger partial charge in [0.1, 0.15) is 36.3 Å². The number of rotatable bonds is 38. The number of benzene rings is 2. The van der Waals surface area contributed by atoms with Crippen LogP contribution in [0.3, 0.4) is 0 Å². The second kappa shape index (κ2) is 35.9. The van der Waals surface area contributed by atoms with E-state index in [1.54, 1.807) is 6.26 Å². The van der Waals surface area contributed by atoms with Crippen LogP contribution in [-0.4, -0.2) is 175 Å². The van der Waals surface area contributed by atoms with Crippen LogP contribution >= 0.6 is 11.8 Å². The molecule has 0 saturated carbocycles. The van der Waals surface area contributed by atoms with Crippen LogP contribution in [0.4, 0.5) is 0 Å². The average molecular weight is 1190 g/mol. The van der Waals surface area contributed by atoms with E-state index < -0.39 is 175 Å². The Morgan fingerprint density at radius 3 is 1.36 bits per heavy atom. The van der Waals surface area contributed by atoms with Crippen LogP contribution in [0.25, 0.3) is 6.08 Å². The number of carbonyl (C=O) groups is 11. The van der Waals surface area contributed by atoms with Gasteiger partial charge in [-0.1, -0.05) is 12.1 Å². The minimum Gasteiger partial charge on any atom is -0.504 e. The lowest BCUT2D eigenvalue weighted by molar-refractivity contribution is -0.152. The number of hydrogen-bond acceptors (Lipinski definition) is 19. The quantitative estimate of drug-likeness (QED) is 0.00759. The first kappa shape index (κ1) is 69.5. The van der Waals surface area contributed by atoms with Crippen LogP contribution in [0.15, 0.2) is 52.5 Å². The number of carboxylic acid groups (broad SMARTS) is 2. The van der Waals surface area contributed by atoms with Gasteiger partial charge in [0.2, 0.25) is 41.4 Å². The van der Waals surface area contributed by atoms with Crippen LogP contribution in [0, 0.1) is 0 Å². The normalized spacial score (nSPS) is 13.4. The number of carbonyl (C=O) groups excluding carboxylic acids is 9. The summed E-state index contributed by atoms with van der Waals surface area (Å²) in [5, 5.41) is 73.1. The second-order valence-corrected chi connectivity index (χ2v) is 19.3. The average Bonchev–Trinajstić information content (AvgIpc) is 3.40. The molecule has 0 aliphatic heterocycles. The molecule has 32 nitrogen and oxygen atoms in total. The van der Waals surface area contributed by atoms with Crippen molar-refractivity contribution in [1.82, 2.24) is 31.9 Å². The molecule has 0 fully saturated rings. The van der Waals surface area contributed by atoms with Crippen molar-refractivity contribution in [2.75, 3.05) is 25.1 Å². The molecule has 33 heteroatoms. The summed E-state index contributed by atoms with van der Waals surface area (Å²) in [5.41, 5.74) is 32.8. The number of ether oxygens (including phenoxy) is 1. The number of esters is 1. The Kier molecular flexibility index (Phi) is 30.1. The fourth-order valence-corrected chi connectivity index (χ4v) is 7.88. The van der Waals surface area contributed by atoms with Gasteiger partial charge < -0.3 is 102 Å². The molecule has 0 aromatic heterocycles. The summed E-state index contributed by atoms with van der Waals surface area (Å²) in [6.45, 7) is 0.0559. The van der Waals surface area contributed by atoms with E-state index in [9.17, 15) is 83.4 Å². The topological polar surface area (TPSA) is 571 Å². The lowest BCUT2D eigenvalue weighted by Crippen LogP contribution is -2.60. The first-order valence-electron chi connectivity index (χ1n) is 25.4. The van der Waals surface area contributed by atoms with Gasteiger partial charge >= 0.3 is 17.9 Å². The smallest absolute Gasteiger partial charge is 0.331 e. The molecule has 0 saturated heterocycles. The number of guanidine groups is 2. The zero-order valence-electron chi connectivity index (χ0n) is 45.1. The summed E-state index contributed by atoms with van der Waals surface area (Å²) in [5.74, 6) is -15.1. The van der Waals surface area contributed by atoms with Gasteiger partial charge in [-0.25, -0.2) is 4.79 Å². The summed E-state index contributed by atoms with van der Waals surface area (Å²) < 4.78 is 5.41. The molecule has 0 aliphatic rings. The molecular formula is C50H72N14O18S. The maximum atomic E-state index is 14.2. The highest BCUT2D eigenvalue weighted by Crippen LogP contribution is 2.27. The standard InChI is InChI=1S/C50H72N14O18S/c1-83-21-18-32(47(80)61-29(9-14-38(51)69)44(77)60-28(5-3-20-58-50(55)56)43(76)59-27(42(52)75)4-2-19-57-49(53)54)63-45(78)30(10-15-39(70)71)62-46(79)31(11-16-40(72)73)64-48(81)37(24-26-7-13-34(66)36(68)23-26)82-41(74)17-8-25-6-12-33(65)35(67)22-25/h6-8,12-13,17,22-23,27-32,37,65-68H,2-5,9-11,14-16,18-21,24H2,1H3,(H2,51,69)(H2,52,75)(H,59,76)(H,60,77)(H,61,80)(H,62,79)(H,63,78)(H,64,81)(H,70,71)(H,72,73)(H4,53,54,57)(H4,55,56,58)/b17-8+/t27-,28-,29-,30-,31-,32-,37+/m0/s1. The minimum atomic E-state index is -1.87. The highest BCUT2D eigenvalue weighted by atomic mass is 32.2. The number of aliphatic imine (C=N–C) groups is 2. The molecular weight excluding hydrogens is 1120 g/mol. The zero-order valence-corrected chi connectivity index (χ0v) is 45.9. The molecule has 0 bridgehead atoms. The fraction of sp³-hybridized carbons (Fsp3) is 0.460. The molecule has 83 heavy (non-hydrogen) atoms.